The predicted molar refractivity (Wildman–Crippen MR) is 77.7 cm³/mol. The Kier molecular flexibility index (Phi) is 6.33. The van der Waals surface area contributed by atoms with Gasteiger partial charge in [-0.25, -0.2) is 0 Å². The Morgan fingerprint density at radius 3 is 2.35 bits per heavy atom. The van der Waals surface area contributed by atoms with Gasteiger partial charge in [0.05, 0.1) is 11.7 Å². The van der Waals surface area contributed by atoms with Crippen LogP contribution in [0.3, 0.4) is 0 Å². The Balaban J connectivity index is 2.83. The van der Waals surface area contributed by atoms with Gasteiger partial charge in [-0.1, -0.05) is 42.6 Å². The largest absolute Gasteiger partial charge is 0.418 e. The van der Waals surface area contributed by atoms with Crippen molar-refractivity contribution in [3.05, 3.63) is 28.2 Å². The van der Waals surface area contributed by atoms with Crippen molar-refractivity contribution < 1.29 is 18.3 Å². The molecule has 0 spiro atoms. The number of nitrogens with one attached hydrogen (secondary N) is 1. The second kappa shape index (κ2) is 7.31. The summed E-state index contributed by atoms with van der Waals surface area (Å²) in [4.78, 5) is 0. The third-order valence-corrected chi connectivity index (χ3v) is 3.87. The van der Waals surface area contributed by atoms with Crippen LogP contribution >= 0.6 is 15.9 Å². The SMILES string of the molecule is CCC(CC)C(O)CNc1ccc(Br)cc1C(F)(F)F. The molecule has 2 nitrogen and oxygen atoms in total. The Bertz CT molecular complexity index is 433. The Morgan fingerprint density at radius 1 is 1.25 bits per heavy atom. The van der Waals surface area contributed by atoms with E-state index < -0.39 is 17.8 Å². The van der Waals surface area contributed by atoms with Gasteiger partial charge in [0.25, 0.3) is 0 Å². The molecule has 6 heteroatoms. The Morgan fingerprint density at radius 2 is 1.85 bits per heavy atom. The van der Waals surface area contributed by atoms with E-state index in [1.807, 2.05) is 13.8 Å². The summed E-state index contributed by atoms with van der Waals surface area (Å²) in [5.74, 6) is 0.0901. The Labute approximate surface area is 125 Å². The highest BCUT2D eigenvalue weighted by atomic mass is 79.9. The number of anilines is 1. The lowest BCUT2D eigenvalue weighted by Gasteiger charge is -2.22. The number of benzene rings is 1. The second-order valence-corrected chi connectivity index (χ2v) is 5.63. The first-order valence-electron chi connectivity index (χ1n) is 6.58. The van der Waals surface area contributed by atoms with Crippen molar-refractivity contribution in [1.82, 2.24) is 0 Å². The van der Waals surface area contributed by atoms with E-state index in [1.54, 1.807) is 6.07 Å². The minimum Gasteiger partial charge on any atom is -0.391 e. The summed E-state index contributed by atoms with van der Waals surface area (Å²) in [6.45, 7) is 4.02. The fourth-order valence-corrected chi connectivity index (χ4v) is 2.48. The molecule has 0 aliphatic rings. The molecule has 0 saturated carbocycles. The van der Waals surface area contributed by atoms with Crippen molar-refractivity contribution in [2.24, 2.45) is 5.92 Å². The molecule has 0 saturated heterocycles. The summed E-state index contributed by atoms with van der Waals surface area (Å²) in [5.41, 5.74) is -0.741. The molecule has 2 N–H and O–H groups in total. The fourth-order valence-electron chi connectivity index (χ4n) is 2.12. The number of hydrogen-bond donors (Lipinski definition) is 2. The number of aliphatic hydroxyl groups is 1. The fraction of sp³-hybridized carbons (Fsp3) is 0.571. The zero-order chi connectivity index (χ0) is 15.3. The van der Waals surface area contributed by atoms with Crippen LogP contribution in [0, 0.1) is 5.92 Å². The minimum atomic E-state index is -4.42. The molecule has 1 unspecified atom stereocenters. The van der Waals surface area contributed by atoms with Crippen molar-refractivity contribution in [2.45, 2.75) is 39.0 Å². The summed E-state index contributed by atoms with van der Waals surface area (Å²) in [7, 11) is 0. The first kappa shape index (κ1) is 17.3. The van der Waals surface area contributed by atoms with Crippen LogP contribution < -0.4 is 5.32 Å². The van der Waals surface area contributed by atoms with Crippen molar-refractivity contribution in [3.63, 3.8) is 0 Å². The van der Waals surface area contributed by atoms with Crippen molar-refractivity contribution in [3.8, 4) is 0 Å². The first-order valence-corrected chi connectivity index (χ1v) is 7.37. The van der Waals surface area contributed by atoms with Crippen LogP contribution in [0.25, 0.3) is 0 Å². The smallest absolute Gasteiger partial charge is 0.391 e. The summed E-state index contributed by atoms with van der Waals surface area (Å²) in [6.07, 6.45) is -3.49. The average molecular weight is 354 g/mol. The minimum absolute atomic E-state index is 0.00861. The quantitative estimate of drug-likeness (QED) is 0.778. The number of hydrogen-bond acceptors (Lipinski definition) is 2. The summed E-state index contributed by atoms with van der Waals surface area (Å²) in [6, 6.07) is 3.94. The molecule has 0 heterocycles. The molecule has 1 rings (SSSR count). The molecule has 114 valence electrons. The van der Waals surface area contributed by atoms with E-state index in [-0.39, 0.29) is 18.2 Å². The lowest BCUT2D eigenvalue weighted by atomic mass is 9.96. The molecular weight excluding hydrogens is 335 g/mol. The van der Waals surface area contributed by atoms with Gasteiger partial charge in [0.15, 0.2) is 0 Å². The van der Waals surface area contributed by atoms with E-state index in [2.05, 4.69) is 21.2 Å². The van der Waals surface area contributed by atoms with Crippen LogP contribution in [-0.2, 0) is 6.18 Å². The number of rotatable bonds is 6. The highest BCUT2D eigenvalue weighted by Crippen LogP contribution is 2.36. The van der Waals surface area contributed by atoms with Crippen LogP contribution in [-0.4, -0.2) is 17.8 Å². The summed E-state index contributed by atoms with van der Waals surface area (Å²) >= 11 is 3.04. The highest BCUT2D eigenvalue weighted by molar-refractivity contribution is 9.10. The number of aliphatic hydroxyl groups excluding tert-OH is 1. The molecule has 0 fully saturated rings. The van der Waals surface area contributed by atoms with Gasteiger partial charge in [-0.05, 0) is 24.1 Å². The maximum atomic E-state index is 12.9. The van der Waals surface area contributed by atoms with Crippen LogP contribution in [0.4, 0.5) is 18.9 Å². The topological polar surface area (TPSA) is 32.3 Å². The molecule has 0 amide bonds. The molecule has 0 aliphatic heterocycles. The van der Waals surface area contributed by atoms with Gasteiger partial charge >= 0.3 is 6.18 Å². The van der Waals surface area contributed by atoms with E-state index in [9.17, 15) is 18.3 Å². The lowest BCUT2D eigenvalue weighted by molar-refractivity contribution is -0.137. The molecule has 1 atom stereocenters. The van der Waals surface area contributed by atoms with Crippen LogP contribution in [0.15, 0.2) is 22.7 Å². The van der Waals surface area contributed by atoms with Gasteiger partial charge in [0, 0.05) is 16.7 Å². The summed E-state index contributed by atoms with van der Waals surface area (Å²) < 4.78 is 39.1. The van der Waals surface area contributed by atoms with E-state index in [4.69, 9.17) is 0 Å². The van der Waals surface area contributed by atoms with Crippen molar-refractivity contribution in [1.29, 1.82) is 0 Å². The van der Waals surface area contributed by atoms with E-state index in [1.165, 1.54) is 6.07 Å². The van der Waals surface area contributed by atoms with Gasteiger partial charge in [0.2, 0.25) is 0 Å². The zero-order valence-electron chi connectivity index (χ0n) is 11.5. The summed E-state index contributed by atoms with van der Waals surface area (Å²) in [5, 5.41) is 12.7. The first-order chi connectivity index (χ1) is 9.29. The zero-order valence-corrected chi connectivity index (χ0v) is 13.1. The molecule has 1 aromatic rings. The normalized spacial score (nSPS) is 13.6. The monoisotopic (exact) mass is 353 g/mol. The highest BCUT2D eigenvalue weighted by Gasteiger charge is 2.33. The van der Waals surface area contributed by atoms with Crippen LogP contribution in [0.5, 0.6) is 0 Å². The third kappa shape index (κ3) is 4.66. The molecule has 0 radical (unpaired) electrons. The lowest BCUT2D eigenvalue weighted by Crippen LogP contribution is -2.28. The average Bonchev–Trinajstić information content (AvgIpc) is 2.37. The van der Waals surface area contributed by atoms with Gasteiger partial charge in [0.1, 0.15) is 0 Å². The van der Waals surface area contributed by atoms with Crippen molar-refractivity contribution in [2.75, 3.05) is 11.9 Å². The van der Waals surface area contributed by atoms with Crippen LogP contribution in [0.1, 0.15) is 32.3 Å². The molecule has 1 aromatic carbocycles. The molecule has 0 aliphatic carbocycles. The molecule has 0 aromatic heterocycles. The van der Waals surface area contributed by atoms with Crippen LogP contribution in [0.2, 0.25) is 0 Å². The van der Waals surface area contributed by atoms with E-state index in [0.717, 1.165) is 18.9 Å². The molecule has 0 bridgehead atoms. The van der Waals surface area contributed by atoms with E-state index >= 15 is 0 Å². The standard InChI is InChI=1S/C14H19BrF3NO/c1-3-9(4-2)13(20)8-19-12-6-5-10(15)7-11(12)14(16,17)18/h5-7,9,13,19-20H,3-4,8H2,1-2H3. The third-order valence-electron chi connectivity index (χ3n) is 3.38. The maximum Gasteiger partial charge on any atom is 0.418 e. The van der Waals surface area contributed by atoms with Gasteiger partial charge in [-0.2, -0.15) is 13.2 Å². The van der Waals surface area contributed by atoms with Crippen molar-refractivity contribution >= 4 is 21.6 Å². The van der Waals surface area contributed by atoms with Gasteiger partial charge in [-0.15, -0.1) is 0 Å². The number of halogens is 4. The molecule has 20 heavy (non-hydrogen) atoms. The van der Waals surface area contributed by atoms with Gasteiger partial charge < -0.3 is 10.4 Å². The Hall–Kier alpha value is -0.750. The number of alkyl halides is 3. The predicted octanol–water partition coefficient (Wildman–Crippen LogP) is 4.68. The molecular formula is C14H19BrF3NO. The maximum absolute atomic E-state index is 12.9. The van der Waals surface area contributed by atoms with Gasteiger partial charge in [-0.3, -0.25) is 0 Å². The van der Waals surface area contributed by atoms with E-state index in [0.29, 0.717) is 4.47 Å². The second-order valence-electron chi connectivity index (χ2n) is 4.71.